The zero-order valence-electron chi connectivity index (χ0n) is 10.6. The van der Waals surface area contributed by atoms with Gasteiger partial charge in [-0.15, -0.1) is 0 Å². The van der Waals surface area contributed by atoms with Crippen LogP contribution in [0.15, 0.2) is 39.9 Å². The molecule has 4 heteroatoms. The van der Waals surface area contributed by atoms with Crippen LogP contribution in [0.5, 0.6) is 0 Å². The van der Waals surface area contributed by atoms with Crippen LogP contribution in [0.1, 0.15) is 25.5 Å². The van der Waals surface area contributed by atoms with Gasteiger partial charge < -0.3 is 10.6 Å². The largest absolute Gasteiger partial charge is 0.346 e. The van der Waals surface area contributed by atoms with E-state index in [1.807, 2.05) is 38.1 Å². The van der Waals surface area contributed by atoms with Crippen LogP contribution in [-0.4, -0.2) is 19.0 Å². The van der Waals surface area contributed by atoms with Crippen molar-refractivity contribution >= 4 is 21.8 Å². The van der Waals surface area contributed by atoms with Crippen molar-refractivity contribution in [1.29, 1.82) is 0 Å². The summed E-state index contributed by atoms with van der Waals surface area (Å²) in [5.74, 6) is 0.0268. The molecule has 1 atom stereocenters. The number of carbonyl (C=O) groups excluding carboxylic acids is 1. The van der Waals surface area contributed by atoms with Crippen LogP contribution >= 0.6 is 15.9 Å². The maximum atomic E-state index is 12.0. The Labute approximate surface area is 116 Å². The molecule has 1 aromatic carbocycles. The van der Waals surface area contributed by atoms with Crippen LogP contribution in [0.4, 0.5) is 0 Å². The Balaban J connectivity index is 2.03. The first-order valence-corrected chi connectivity index (χ1v) is 6.83. The third kappa shape index (κ3) is 3.00. The summed E-state index contributed by atoms with van der Waals surface area (Å²) in [4.78, 5) is 12.0. The van der Waals surface area contributed by atoms with Gasteiger partial charge in [0.1, 0.15) is 0 Å². The Kier molecular flexibility index (Phi) is 4.19. The van der Waals surface area contributed by atoms with E-state index in [1.54, 1.807) is 0 Å². The zero-order valence-corrected chi connectivity index (χ0v) is 12.2. The average molecular weight is 309 g/mol. The molecule has 1 amide bonds. The quantitative estimate of drug-likeness (QED) is 0.843. The number of benzene rings is 1. The fourth-order valence-corrected chi connectivity index (χ4v) is 2.26. The Bertz CT molecular complexity index is 490. The summed E-state index contributed by atoms with van der Waals surface area (Å²) in [6, 6.07) is 8.01. The molecule has 1 heterocycles. The number of hydrogen-bond acceptors (Lipinski definition) is 2. The highest BCUT2D eigenvalue weighted by Gasteiger charge is 2.17. The van der Waals surface area contributed by atoms with E-state index in [0.29, 0.717) is 0 Å². The van der Waals surface area contributed by atoms with Gasteiger partial charge in [-0.25, -0.2) is 0 Å². The molecule has 1 unspecified atom stereocenters. The smallest absolute Gasteiger partial charge is 0.247 e. The van der Waals surface area contributed by atoms with Gasteiger partial charge in [-0.1, -0.05) is 28.1 Å². The van der Waals surface area contributed by atoms with Gasteiger partial charge in [-0.05, 0) is 37.1 Å². The Hall–Kier alpha value is -1.13. The normalized spacial score (nSPS) is 15.8. The number of carbonyl (C=O) groups is 1. The second kappa shape index (κ2) is 5.67. The van der Waals surface area contributed by atoms with E-state index in [-0.39, 0.29) is 11.9 Å². The van der Waals surface area contributed by atoms with Gasteiger partial charge in [0.05, 0.1) is 6.04 Å². The van der Waals surface area contributed by atoms with Crippen LogP contribution in [0.25, 0.3) is 0 Å². The molecular weight excluding hydrogens is 292 g/mol. The molecule has 0 saturated carbocycles. The fraction of sp³-hybridized carbons (Fsp3) is 0.357. The lowest BCUT2D eigenvalue weighted by Crippen LogP contribution is -2.38. The predicted molar refractivity (Wildman–Crippen MR) is 76.3 cm³/mol. The minimum atomic E-state index is 0.0126. The van der Waals surface area contributed by atoms with Gasteiger partial charge in [0.2, 0.25) is 5.91 Å². The summed E-state index contributed by atoms with van der Waals surface area (Å²) in [6.07, 6.45) is 0. The minimum Gasteiger partial charge on any atom is -0.346 e. The molecular formula is C14H17BrN2O. The zero-order chi connectivity index (χ0) is 13.1. The lowest BCUT2D eigenvalue weighted by Gasteiger charge is -2.22. The highest BCUT2D eigenvalue weighted by atomic mass is 79.9. The molecule has 1 fully saturated rings. The first-order valence-electron chi connectivity index (χ1n) is 6.03. The van der Waals surface area contributed by atoms with Crippen molar-refractivity contribution < 1.29 is 4.79 Å². The van der Waals surface area contributed by atoms with E-state index >= 15 is 0 Å². The van der Waals surface area contributed by atoms with Crippen molar-refractivity contribution in [3.8, 4) is 0 Å². The van der Waals surface area contributed by atoms with Crippen molar-refractivity contribution in [2.75, 3.05) is 13.1 Å². The molecule has 1 aliphatic rings. The van der Waals surface area contributed by atoms with Gasteiger partial charge in [0.15, 0.2) is 0 Å². The van der Waals surface area contributed by atoms with Crippen LogP contribution in [0.2, 0.25) is 0 Å². The number of nitrogens with one attached hydrogen (secondary N) is 2. The fourth-order valence-electron chi connectivity index (χ4n) is 1.84. The SMILES string of the molecule is CC(C(=O)NC(C)c1cccc(Br)c1)=C1CNC1. The standard InChI is InChI=1S/C14H17BrN2O/c1-9(12-7-16-8-12)14(18)17-10(2)11-4-3-5-13(15)6-11/h3-6,10,16H,7-8H2,1-2H3,(H,17,18). The van der Waals surface area contributed by atoms with Gasteiger partial charge in [-0.2, -0.15) is 0 Å². The van der Waals surface area contributed by atoms with E-state index in [1.165, 1.54) is 5.57 Å². The molecule has 18 heavy (non-hydrogen) atoms. The predicted octanol–water partition coefficient (Wildman–Crippen LogP) is 2.55. The second-order valence-corrected chi connectivity index (χ2v) is 5.50. The molecule has 1 aliphatic heterocycles. The van der Waals surface area contributed by atoms with E-state index in [2.05, 4.69) is 26.6 Å². The van der Waals surface area contributed by atoms with Crippen LogP contribution in [-0.2, 0) is 4.79 Å². The first-order chi connectivity index (χ1) is 8.58. The molecule has 0 spiro atoms. The number of hydrogen-bond donors (Lipinski definition) is 2. The summed E-state index contributed by atoms with van der Waals surface area (Å²) in [5, 5.41) is 6.17. The van der Waals surface area contributed by atoms with Gasteiger partial charge in [0.25, 0.3) is 0 Å². The Morgan fingerprint density at radius 2 is 2.17 bits per heavy atom. The van der Waals surface area contributed by atoms with E-state index in [9.17, 15) is 4.79 Å². The Morgan fingerprint density at radius 3 is 2.72 bits per heavy atom. The van der Waals surface area contributed by atoms with E-state index in [0.717, 1.165) is 28.7 Å². The molecule has 3 nitrogen and oxygen atoms in total. The lowest BCUT2D eigenvalue weighted by atomic mass is 10.0. The Morgan fingerprint density at radius 1 is 1.44 bits per heavy atom. The lowest BCUT2D eigenvalue weighted by molar-refractivity contribution is -0.118. The highest BCUT2D eigenvalue weighted by molar-refractivity contribution is 9.10. The summed E-state index contributed by atoms with van der Waals surface area (Å²) in [5.41, 5.74) is 3.15. The van der Waals surface area contributed by atoms with Crippen LogP contribution in [0.3, 0.4) is 0 Å². The maximum Gasteiger partial charge on any atom is 0.247 e. The van der Waals surface area contributed by atoms with Gasteiger partial charge in [-0.3, -0.25) is 4.79 Å². The van der Waals surface area contributed by atoms with Crippen LogP contribution in [0, 0.1) is 0 Å². The molecule has 1 aromatic rings. The summed E-state index contributed by atoms with van der Waals surface area (Å²) in [7, 11) is 0. The number of rotatable bonds is 3. The maximum absolute atomic E-state index is 12.0. The summed E-state index contributed by atoms with van der Waals surface area (Å²) < 4.78 is 1.03. The molecule has 0 bridgehead atoms. The number of halogens is 1. The van der Waals surface area contributed by atoms with E-state index in [4.69, 9.17) is 0 Å². The molecule has 96 valence electrons. The monoisotopic (exact) mass is 308 g/mol. The van der Waals surface area contributed by atoms with Gasteiger partial charge in [0, 0.05) is 23.1 Å². The second-order valence-electron chi connectivity index (χ2n) is 4.58. The molecule has 2 N–H and O–H groups in total. The van der Waals surface area contributed by atoms with Crippen molar-refractivity contribution in [3.05, 3.63) is 45.4 Å². The van der Waals surface area contributed by atoms with Crippen molar-refractivity contribution in [3.63, 3.8) is 0 Å². The topological polar surface area (TPSA) is 41.1 Å². The van der Waals surface area contributed by atoms with Gasteiger partial charge >= 0.3 is 0 Å². The van der Waals surface area contributed by atoms with Crippen molar-refractivity contribution in [2.45, 2.75) is 19.9 Å². The summed E-state index contributed by atoms with van der Waals surface area (Å²) in [6.45, 7) is 5.56. The van der Waals surface area contributed by atoms with Crippen LogP contribution < -0.4 is 10.6 Å². The molecule has 1 saturated heterocycles. The molecule has 0 radical (unpaired) electrons. The number of amides is 1. The average Bonchev–Trinajstić information content (AvgIpc) is 2.26. The molecule has 0 aliphatic carbocycles. The van der Waals surface area contributed by atoms with E-state index < -0.39 is 0 Å². The minimum absolute atomic E-state index is 0.0126. The summed E-state index contributed by atoms with van der Waals surface area (Å²) >= 11 is 3.44. The highest BCUT2D eigenvalue weighted by Crippen LogP contribution is 2.18. The molecule has 0 aromatic heterocycles. The molecule has 2 rings (SSSR count). The first kappa shape index (κ1) is 13.3. The third-order valence-electron chi connectivity index (χ3n) is 3.24. The van der Waals surface area contributed by atoms with Crippen molar-refractivity contribution in [2.24, 2.45) is 0 Å². The van der Waals surface area contributed by atoms with Crippen molar-refractivity contribution in [1.82, 2.24) is 10.6 Å². The third-order valence-corrected chi connectivity index (χ3v) is 3.74.